The molecule has 1 saturated heterocycles. The second-order valence-electron chi connectivity index (χ2n) is 6.39. The Labute approximate surface area is 148 Å². The predicted octanol–water partition coefficient (Wildman–Crippen LogP) is 2.95. The summed E-state index contributed by atoms with van der Waals surface area (Å²) in [6, 6.07) is 4.00. The van der Waals surface area contributed by atoms with Crippen molar-refractivity contribution in [3.63, 3.8) is 0 Å². The highest BCUT2D eigenvalue weighted by Gasteiger charge is 2.42. The van der Waals surface area contributed by atoms with Crippen LogP contribution in [-0.2, 0) is 15.7 Å². The number of hydrogen-bond donors (Lipinski definition) is 0. The van der Waals surface area contributed by atoms with E-state index < -0.39 is 17.3 Å². The molecule has 0 aromatic carbocycles. The minimum Gasteiger partial charge on any atom is -0.469 e. The summed E-state index contributed by atoms with van der Waals surface area (Å²) >= 11 is 0. The van der Waals surface area contributed by atoms with Gasteiger partial charge in [-0.1, -0.05) is 0 Å². The van der Waals surface area contributed by atoms with Gasteiger partial charge in [0.25, 0.3) is 0 Å². The highest BCUT2D eigenvalue weighted by Crippen LogP contribution is 2.36. The standard InChI is InChI=1S/C17H17F3N4O2/c1-16(15(25)26-2)5-8-24(10-16)13-9-12(17(18,19)20)22-14(23-13)11-3-6-21-7-4-11/h3-4,6-7,9H,5,8,10H2,1-2H3. The van der Waals surface area contributed by atoms with E-state index in [1.807, 2.05) is 0 Å². The Morgan fingerprint density at radius 2 is 1.96 bits per heavy atom. The van der Waals surface area contributed by atoms with Gasteiger partial charge in [0.05, 0.1) is 12.5 Å². The Morgan fingerprint density at radius 1 is 1.27 bits per heavy atom. The topological polar surface area (TPSA) is 68.2 Å². The second-order valence-corrected chi connectivity index (χ2v) is 6.39. The maximum absolute atomic E-state index is 13.3. The maximum atomic E-state index is 13.3. The van der Waals surface area contributed by atoms with Crippen LogP contribution in [0.1, 0.15) is 19.0 Å². The predicted molar refractivity (Wildman–Crippen MR) is 87.2 cm³/mol. The van der Waals surface area contributed by atoms with Crippen molar-refractivity contribution in [3.05, 3.63) is 36.3 Å². The summed E-state index contributed by atoms with van der Waals surface area (Å²) in [5, 5.41) is 0. The van der Waals surface area contributed by atoms with Crippen molar-refractivity contribution in [1.29, 1.82) is 0 Å². The van der Waals surface area contributed by atoms with E-state index in [2.05, 4.69) is 15.0 Å². The number of ether oxygens (including phenoxy) is 1. The first-order valence-corrected chi connectivity index (χ1v) is 7.93. The van der Waals surface area contributed by atoms with Crippen LogP contribution in [0.4, 0.5) is 19.0 Å². The number of anilines is 1. The normalized spacial score (nSPS) is 20.3. The lowest BCUT2D eigenvalue weighted by Gasteiger charge is -2.23. The van der Waals surface area contributed by atoms with E-state index in [4.69, 9.17) is 4.74 Å². The first-order chi connectivity index (χ1) is 12.2. The van der Waals surface area contributed by atoms with Gasteiger partial charge in [-0.2, -0.15) is 13.2 Å². The van der Waals surface area contributed by atoms with Gasteiger partial charge in [-0.25, -0.2) is 9.97 Å². The van der Waals surface area contributed by atoms with Crippen LogP contribution in [0, 0.1) is 5.41 Å². The molecule has 1 aliphatic heterocycles. The number of rotatable bonds is 3. The quantitative estimate of drug-likeness (QED) is 0.778. The fourth-order valence-corrected chi connectivity index (χ4v) is 2.94. The van der Waals surface area contributed by atoms with Crippen molar-refractivity contribution in [1.82, 2.24) is 15.0 Å². The monoisotopic (exact) mass is 366 g/mol. The third-order valence-electron chi connectivity index (χ3n) is 4.42. The number of aromatic nitrogens is 3. The third-order valence-corrected chi connectivity index (χ3v) is 4.42. The Kier molecular flexibility index (Phi) is 4.55. The second kappa shape index (κ2) is 6.54. The molecular weight excluding hydrogens is 349 g/mol. The van der Waals surface area contributed by atoms with E-state index in [1.165, 1.54) is 19.5 Å². The first kappa shape index (κ1) is 18.1. The molecular formula is C17H17F3N4O2. The van der Waals surface area contributed by atoms with Crippen LogP contribution < -0.4 is 4.90 Å². The minimum absolute atomic E-state index is 0.0381. The van der Waals surface area contributed by atoms with Crippen LogP contribution in [0.25, 0.3) is 11.4 Å². The molecule has 1 aliphatic rings. The zero-order valence-electron chi connectivity index (χ0n) is 14.2. The smallest absolute Gasteiger partial charge is 0.433 e. The molecule has 0 N–H and O–H groups in total. The van der Waals surface area contributed by atoms with Gasteiger partial charge in [0, 0.05) is 37.1 Å². The van der Waals surface area contributed by atoms with Crippen LogP contribution in [0.15, 0.2) is 30.6 Å². The Balaban J connectivity index is 2.01. The first-order valence-electron chi connectivity index (χ1n) is 7.93. The number of esters is 1. The summed E-state index contributed by atoms with van der Waals surface area (Å²) in [5.41, 5.74) is -1.38. The van der Waals surface area contributed by atoms with Crippen molar-refractivity contribution in [3.8, 4) is 11.4 Å². The average molecular weight is 366 g/mol. The summed E-state index contributed by atoms with van der Waals surface area (Å²) in [5.74, 6) is -0.296. The van der Waals surface area contributed by atoms with E-state index in [-0.39, 0.29) is 24.2 Å². The molecule has 138 valence electrons. The number of hydrogen-bond acceptors (Lipinski definition) is 6. The van der Waals surface area contributed by atoms with Crippen molar-refractivity contribution in [2.45, 2.75) is 19.5 Å². The van der Waals surface area contributed by atoms with Gasteiger partial charge in [0.15, 0.2) is 11.5 Å². The van der Waals surface area contributed by atoms with Gasteiger partial charge in [-0.05, 0) is 25.5 Å². The van der Waals surface area contributed by atoms with Crippen LogP contribution >= 0.6 is 0 Å². The van der Waals surface area contributed by atoms with Gasteiger partial charge in [-0.3, -0.25) is 9.78 Å². The zero-order chi connectivity index (χ0) is 18.9. The van der Waals surface area contributed by atoms with E-state index in [0.29, 0.717) is 18.5 Å². The summed E-state index contributed by atoms with van der Waals surface area (Å²) in [4.78, 5) is 25.4. The number of carbonyl (C=O) groups excluding carboxylic acids is 1. The third kappa shape index (κ3) is 3.47. The molecule has 0 aliphatic carbocycles. The summed E-state index contributed by atoms with van der Waals surface area (Å²) < 4.78 is 44.7. The molecule has 0 saturated carbocycles. The molecule has 3 heterocycles. The van der Waals surface area contributed by atoms with Crippen molar-refractivity contribution >= 4 is 11.8 Å². The zero-order valence-corrected chi connectivity index (χ0v) is 14.2. The van der Waals surface area contributed by atoms with E-state index in [0.717, 1.165) is 6.07 Å². The lowest BCUT2D eigenvalue weighted by atomic mass is 9.90. The van der Waals surface area contributed by atoms with Gasteiger partial charge < -0.3 is 9.64 Å². The minimum atomic E-state index is -4.61. The lowest BCUT2D eigenvalue weighted by molar-refractivity contribution is -0.150. The average Bonchev–Trinajstić information content (AvgIpc) is 3.04. The fraction of sp³-hybridized carbons (Fsp3) is 0.412. The van der Waals surface area contributed by atoms with E-state index in [9.17, 15) is 18.0 Å². The fourth-order valence-electron chi connectivity index (χ4n) is 2.94. The molecule has 0 spiro atoms. The number of carbonyl (C=O) groups is 1. The van der Waals surface area contributed by atoms with Gasteiger partial charge >= 0.3 is 12.1 Å². The van der Waals surface area contributed by atoms with E-state index in [1.54, 1.807) is 24.0 Å². The van der Waals surface area contributed by atoms with Gasteiger partial charge in [-0.15, -0.1) is 0 Å². The molecule has 2 aromatic heterocycles. The molecule has 1 atom stereocenters. The number of nitrogens with zero attached hydrogens (tertiary/aromatic N) is 4. The SMILES string of the molecule is COC(=O)C1(C)CCN(c2cc(C(F)(F)F)nc(-c3ccncc3)n2)C1. The largest absolute Gasteiger partial charge is 0.469 e. The molecule has 9 heteroatoms. The Hall–Kier alpha value is -2.71. The number of alkyl halides is 3. The summed E-state index contributed by atoms with van der Waals surface area (Å²) in [6.07, 6.45) is -1.22. The van der Waals surface area contributed by atoms with Crippen LogP contribution in [0.2, 0.25) is 0 Å². The Morgan fingerprint density at radius 3 is 2.58 bits per heavy atom. The molecule has 26 heavy (non-hydrogen) atoms. The van der Waals surface area contributed by atoms with Crippen molar-refractivity contribution in [2.75, 3.05) is 25.1 Å². The highest BCUT2D eigenvalue weighted by molar-refractivity contribution is 5.78. The Bertz CT molecular complexity index is 813. The molecule has 0 bridgehead atoms. The molecule has 6 nitrogen and oxygen atoms in total. The van der Waals surface area contributed by atoms with Gasteiger partial charge in [0.1, 0.15) is 5.82 Å². The molecule has 3 rings (SSSR count). The van der Waals surface area contributed by atoms with Crippen LogP contribution in [-0.4, -0.2) is 41.1 Å². The molecule has 0 radical (unpaired) electrons. The molecule has 1 fully saturated rings. The van der Waals surface area contributed by atoms with Crippen molar-refractivity contribution < 1.29 is 22.7 Å². The maximum Gasteiger partial charge on any atom is 0.433 e. The lowest BCUT2D eigenvalue weighted by Crippen LogP contribution is -2.33. The highest BCUT2D eigenvalue weighted by atomic mass is 19.4. The summed E-state index contributed by atoms with van der Waals surface area (Å²) in [7, 11) is 1.30. The molecule has 2 aromatic rings. The van der Waals surface area contributed by atoms with Crippen LogP contribution in [0.5, 0.6) is 0 Å². The van der Waals surface area contributed by atoms with Crippen molar-refractivity contribution in [2.24, 2.45) is 5.41 Å². The number of halogens is 3. The van der Waals surface area contributed by atoms with Crippen LogP contribution in [0.3, 0.4) is 0 Å². The number of methoxy groups -OCH3 is 1. The molecule has 0 amide bonds. The number of pyridine rings is 1. The molecule has 1 unspecified atom stereocenters. The van der Waals surface area contributed by atoms with Gasteiger partial charge in [0.2, 0.25) is 0 Å². The van der Waals surface area contributed by atoms with E-state index >= 15 is 0 Å². The summed E-state index contributed by atoms with van der Waals surface area (Å²) in [6.45, 7) is 2.36.